The highest BCUT2D eigenvalue weighted by Gasteiger charge is 2.27. The first-order chi connectivity index (χ1) is 7.90. The van der Waals surface area contributed by atoms with Crippen molar-refractivity contribution in [3.63, 3.8) is 0 Å². The summed E-state index contributed by atoms with van der Waals surface area (Å²) < 4.78 is 11.4. The van der Waals surface area contributed by atoms with Gasteiger partial charge in [0.15, 0.2) is 11.5 Å². The molecule has 1 aromatic carbocycles. The zero-order valence-corrected chi connectivity index (χ0v) is 9.66. The van der Waals surface area contributed by atoms with Crippen LogP contribution in [0.4, 0.5) is 5.69 Å². The Labute approximate surface area is 96.0 Å². The van der Waals surface area contributed by atoms with Gasteiger partial charge in [-0.3, -0.25) is 0 Å². The molecule has 0 bridgehead atoms. The Bertz CT molecular complexity index is 401. The molecule has 2 aliphatic heterocycles. The Morgan fingerprint density at radius 1 is 1.25 bits per heavy atom. The van der Waals surface area contributed by atoms with Gasteiger partial charge in [0, 0.05) is 13.1 Å². The molecule has 0 saturated heterocycles. The van der Waals surface area contributed by atoms with Crippen LogP contribution in [0.2, 0.25) is 0 Å². The summed E-state index contributed by atoms with van der Waals surface area (Å²) in [6.07, 6.45) is 2.30. The van der Waals surface area contributed by atoms with Crippen LogP contribution in [0, 0.1) is 0 Å². The van der Waals surface area contributed by atoms with Crippen LogP contribution in [-0.4, -0.2) is 26.3 Å². The van der Waals surface area contributed by atoms with Gasteiger partial charge in [-0.1, -0.05) is 13.0 Å². The van der Waals surface area contributed by atoms with Gasteiger partial charge in [-0.15, -0.1) is 0 Å². The van der Waals surface area contributed by atoms with E-state index in [1.54, 1.807) is 0 Å². The number of nitrogens with zero attached hydrogens (tertiary/aromatic N) is 1. The Balaban J connectivity index is 2.04. The van der Waals surface area contributed by atoms with Crippen LogP contribution in [0.25, 0.3) is 0 Å². The summed E-state index contributed by atoms with van der Waals surface area (Å²) in [6.45, 7) is 5.77. The second-order valence-corrected chi connectivity index (χ2v) is 4.33. The van der Waals surface area contributed by atoms with E-state index in [4.69, 9.17) is 9.47 Å². The van der Waals surface area contributed by atoms with Crippen molar-refractivity contribution in [3.05, 3.63) is 17.7 Å². The zero-order valence-electron chi connectivity index (χ0n) is 9.66. The van der Waals surface area contributed by atoms with Gasteiger partial charge in [0.1, 0.15) is 13.2 Å². The number of anilines is 1. The van der Waals surface area contributed by atoms with Gasteiger partial charge in [0.2, 0.25) is 0 Å². The minimum Gasteiger partial charge on any atom is -0.486 e. The Morgan fingerprint density at radius 3 is 3.00 bits per heavy atom. The molecule has 0 N–H and O–H groups in total. The first-order valence-electron chi connectivity index (χ1n) is 6.06. The number of hydrogen-bond donors (Lipinski definition) is 0. The molecule has 0 aliphatic carbocycles. The van der Waals surface area contributed by atoms with E-state index < -0.39 is 0 Å². The van der Waals surface area contributed by atoms with E-state index in [2.05, 4.69) is 17.9 Å². The highest BCUT2D eigenvalue weighted by Crippen LogP contribution is 2.45. The number of hydrogen-bond acceptors (Lipinski definition) is 3. The Morgan fingerprint density at radius 2 is 2.12 bits per heavy atom. The average Bonchev–Trinajstić information content (AvgIpc) is 2.73. The monoisotopic (exact) mass is 219 g/mol. The van der Waals surface area contributed by atoms with Crippen molar-refractivity contribution in [2.24, 2.45) is 0 Å². The normalized spacial score (nSPS) is 17.4. The molecule has 0 spiro atoms. The van der Waals surface area contributed by atoms with E-state index in [0.717, 1.165) is 31.0 Å². The predicted octanol–water partition coefficient (Wildman–Crippen LogP) is 2.23. The maximum atomic E-state index is 5.78. The van der Waals surface area contributed by atoms with E-state index in [0.29, 0.717) is 13.2 Å². The Hall–Kier alpha value is -1.38. The molecular formula is C13H17NO2. The summed E-state index contributed by atoms with van der Waals surface area (Å²) in [5, 5.41) is 0. The molecule has 86 valence electrons. The SMILES string of the molecule is CCCN1CCc2ccc3c(c21)OCCO3. The van der Waals surface area contributed by atoms with Crippen molar-refractivity contribution in [2.45, 2.75) is 19.8 Å². The van der Waals surface area contributed by atoms with Crippen LogP contribution in [0.3, 0.4) is 0 Å². The van der Waals surface area contributed by atoms with Crippen LogP contribution >= 0.6 is 0 Å². The molecule has 0 aromatic heterocycles. The largest absolute Gasteiger partial charge is 0.486 e. The fraction of sp³-hybridized carbons (Fsp3) is 0.538. The van der Waals surface area contributed by atoms with E-state index in [1.807, 2.05) is 6.07 Å². The minimum atomic E-state index is 0.666. The van der Waals surface area contributed by atoms with Gasteiger partial charge in [-0.25, -0.2) is 0 Å². The molecule has 1 aromatic rings. The van der Waals surface area contributed by atoms with Crippen LogP contribution in [0.15, 0.2) is 12.1 Å². The lowest BCUT2D eigenvalue weighted by Crippen LogP contribution is -2.23. The van der Waals surface area contributed by atoms with Crippen molar-refractivity contribution in [1.82, 2.24) is 0 Å². The summed E-state index contributed by atoms with van der Waals surface area (Å²) in [6, 6.07) is 4.22. The predicted molar refractivity (Wildman–Crippen MR) is 63.6 cm³/mol. The van der Waals surface area contributed by atoms with Gasteiger partial charge in [-0.2, -0.15) is 0 Å². The van der Waals surface area contributed by atoms with E-state index >= 15 is 0 Å². The first-order valence-corrected chi connectivity index (χ1v) is 6.06. The van der Waals surface area contributed by atoms with Crippen LogP contribution in [0.1, 0.15) is 18.9 Å². The molecule has 0 fully saturated rings. The third-order valence-electron chi connectivity index (χ3n) is 3.23. The van der Waals surface area contributed by atoms with Gasteiger partial charge in [-0.05, 0) is 24.5 Å². The summed E-state index contributed by atoms with van der Waals surface area (Å²) in [4.78, 5) is 2.42. The van der Waals surface area contributed by atoms with Crippen molar-refractivity contribution >= 4 is 5.69 Å². The summed E-state index contributed by atoms with van der Waals surface area (Å²) in [5.74, 6) is 1.88. The quantitative estimate of drug-likeness (QED) is 0.761. The topological polar surface area (TPSA) is 21.7 Å². The van der Waals surface area contributed by atoms with Crippen molar-refractivity contribution in [3.8, 4) is 11.5 Å². The molecule has 0 amide bonds. The molecule has 3 heteroatoms. The Kier molecular flexibility index (Phi) is 2.39. The molecule has 2 heterocycles. The molecule has 2 aliphatic rings. The highest BCUT2D eigenvalue weighted by molar-refractivity contribution is 5.72. The van der Waals surface area contributed by atoms with Gasteiger partial charge >= 0.3 is 0 Å². The lowest BCUT2D eigenvalue weighted by Gasteiger charge is -2.25. The average molecular weight is 219 g/mol. The zero-order chi connectivity index (χ0) is 11.0. The van der Waals surface area contributed by atoms with Gasteiger partial charge in [0.05, 0.1) is 5.69 Å². The number of ether oxygens (including phenoxy) is 2. The number of rotatable bonds is 2. The second-order valence-electron chi connectivity index (χ2n) is 4.33. The fourth-order valence-electron chi connectivity index (χ4n) is 2.55. The molecular weight excluding hydrogens is 202 g/mol. The second kappa shape index (κ2) is 3.89. The lowest BCUT2D eigenvalue weighted by molar-refractivity contribution is 0.172. The number of benzene rings is 1. The third-order valence-corrected chi connectivity index (χ3v) is 3.23. The molecule has 0 unspecified atom stereocenters. The summed E-state index contributed by atoms with van der Waals surface area (Å²) in [7, 11) is 0. The smallest absolute Gasteiger partial charge is 0.184 e. The van der Waals surface area contributed by atoms with Gasteiger partial charge < -0.3 is 14.4 Å². The van der Waals surface area contributed by atoms with E-state index in [9.17, 15) is 0 Å². The minimum absolute atomic E-state index is 0.666. The molecule has 3 nitrogen and oxygen atoms in total. The van der Waals surface area contributed by atoms with Crippen LogP contribution in [0.5, 0.6) is 11.5 Å². The molecule has 16 heavy (non-hydrogen) atoms. The van der Waals surface area contributed by atoms with Gasteiger partial charge in [0.25, 0.3) is 0 Å². The third kappa shape index (κ3) is 1.42. The highest BCUT2D eigenvalue weighted by atomic mass is 16.6. The standard InChI is InChI=1S/C13H17NO2/c1-2-6-14-7-5-10-3-4-11-13(12(10)14)16-9-8-15-11/h3-4H,2,5-9H2,1H3. The molecule has 0 radical (unpaired) electrons. The molecule has 0 atom stereocenters. The summed E-state index contributed by atoms with van der Waals surface area (Å²) >= 11 is 0. The maximum Gasteiger partial charge on any atom is 0.184 e. The molecule has 3 rings (SSSR count). The van der Waals surface area contributed by atoms with Crippen molar-refractivity contribution < 1.29 is 9.47 Å². The summed E-state index contributed by atoms with van der Waals surface area (Å²) in [5.41, 5.74) is 2.68. The fourth-order valence-corrected chi connectivity index (χ4v) is 2.55. The lowest BCUT2D eigenvalue weighted by atomic mass is 10.1. The van der Waals surface area contributed by atoms with Crippen molar-refractivity contribution in [1.29, 1.82) is 0 Å². The van der Waals surface area contributed by atoms with Crippen LogP contribution in [-0.2, 0) is 6.42 Å². The van der Waals surface area contributed by atoms with E-state index in [-0.39, 0.29) is 0 Å². The van der Waals surface area contributed by atoms with E-state index in [1.165, 1.54) is 17.7 Å². The van der Waals surface area contributed by atoms with Crippen molar-refractivity contribution in [2.75, 3.05) is 31.2 Å². The molecule has 0 saturated carbocycles. The first kappa shape index (κ1) is 9.82. The maximum absolute atomic E-state index is 5.78. The van der Waals surface area contributed by atoms with Crippen LogP contribution < -0.4 is 14.4 Å². The number of fused-ring (bicyclic) bond motifs is 3.